The van der Waals surface area contributed by atoms with Crippen molar-refractivity contribution < 1.29 is 23.9 Å². The van der Waals surface area contributed by atoms with Gasteiger partial charge < -0.3 is 15.1 Å². The number of carbonyl (C=O) groups is 2. The van der Waals surface area contributed by atoms with Gasteiger partial charge in [-0.2, -0.15) is 0 Å². The second-order valence-electron chi connectivity index (χ2n) is 2.31. The predicted molar refractivity (Wildman–Crippen MR) is 34.8 cm³/mol. The maximum absolute atomic E-state index is 11.1. The first-order valence-corrected chi connectivity index (χ1v) is 2.99. The molecule has 1 rings (SSSR count). The monoisotopic (exact) mass is 162 g/mol. The molecule has 0 aromatic carbocycles. The Hall–Kier alpha value is -1.10. The standard InChI is InChI=1S/C6H9NO4/c1-7-3(6(10)11)2-4(8)5(7)9/h3-4,8H,2H2,1H3,(H,10,11)/t3-,4+/m0/s1/i1D3. The van der Waals surface area contributed by atoms with E-state index in [9.17, 15) is 9.59 Å². The maximum atomic E-state index is 11.1. The number of nitrogens with zero attached hydrogens (tertiary/aromatic N) is 1. The Morgan fingerprint density at radius 2 is 2.55 bits per heavy atom. The van der Waals surface area contributed by atoms with Crippen LogP contribution in [-0.4, -0.2) is 46.1 Å². The third-order valence-corrected chi connectivity index (χ3v) is 1.57. The minimum Gasteiger partial charge on any atom is -0.480 e. The molecular weight excluding hydrogens is 150 g/mol. The topological polar surface area (TPSA) is 77.8 Å². The van der Waals surface area contributed by atoms with Crippen molar-refractivity contribution in [2.45, 2.75) is 18.6 Å². The Morgan fingerprint density at radius 1 is 1.91 bits per heavy atom. The first kappa shape index (κ1) is 4.71. The minimum atomic E-state index is -2.82. The van der Waals surface area contributed by atoms with E-state index in [0.717, 1.165) is 0 Å². The molecule has 5 nitrogen and oxygen atoms in total. The molecule has 0 spiro atoms. The molecule has 1 aliphatic rings. The molecule has 2 atom stereocenters. The molecule has 1 heterocycles. The van der Waals surface area contributed by atoms with Crippen LogP contribution in [-0.2, 0) is 9.59 Å². The van der Waals surface area contributed by atoms with Gasteiger partial charge in [-0.1, -0.05) is 0 Å². The van der Waals surface area contributed by atoms with E-state index >= 15 is 0 Å². The summed E-state index contributed by atoms with van der Waals surface area (Å²) in [6, 6.07) is -1.47. The van der Waals surface area contributed by atoms with E-state index in [-0.39, 0.29) is 11.3 Å². The predicted octanol–water partition coefficient (Wildman–Crippen LogP) is -1.34. The zero-order chi connectivity index (χ0) is 11.1. The normalized spacial score (nSPS) is 36.3. The smallest absolute Gasteiger partial charge is 0.326 e. The Morgan fingerprint density at radius 3 is 2.91 bits per heavy atom. The van der Waals surface area contributed by atoms with Crippen molar-refractivity contribution in [2.75, 3.05) is 6.98 Å². The van der Waals surface area contributed by atoms with Gasteiger partial charge in [-0.3, -0.25) is 4.79 Å². The van der Waals surface area contributed by atoms with Crippen molar-refractivity contribution in [3.8, 4) is 0 Å². The lowest BCUT2D eigenvalue weighted by Gasteiger charge is -2.13. The van der Waals surface area contributed by atoms with Crippen molar-refractivity contribution in [3.05, 3.63) is 0 Å². The highest BCUT2D eigenvalue weighted by Crippen LogP contribution is 2.16. The van der Waals surface area contributed by atoms with Crippen molar-refractivity contribution in [1.29, 1.82) is 0 Å². The minimum absolute atomic E-state index is 0.236. The molecule has 1 amide bonds. The zero-order valence-corrected chi connectivity index (χ0v) is 5.52. The molecule has 1 fully saturated rings. The van der Waals surface area contributed by atoms with E-state index < -0.39 is 31.0 Å². The molecule has 1 saturated heterocycles. The van der Waals surface area contributed by atoms with E-state index in [1.54, 1.807) is 0 Å². The molecule has 0 aromatic rings. The molecule has 11 heavy (non-hydrogen) atoms. The van der Waals surface area contributed by atoms with Gasteiger partial charge in [-0.15, -0.1) is 0 Å². The van der Waals surface area contributed by atoms with Crippen LogP contribution in [0.2, 0.25) is 0 Å². The fraction of sp³-hybridized carbons (Fsp3) is 0.667. The molecule has 0 saturated carbocycles. The number of hydrogen-bond donors (Lipinski definition) is 2. The van der Waals surface area contributed by atoms with Crippen LogP contribution in [0.5, 0.6) is 0 Å². The average molecular weight is 162 g/mol. The highest BCUT2D eigenvalue weighted by atomic mass is 16.4. The van der Waals surface area contributed by atoms with Gasteiger partial charge in [0, 0.05) is 17.5 Å². The summed E-state index contributed by atoms with van der Waals surface area (Å²) in [4.78, 5) is 22.0. The number of aliphatic hydroxyl groups excluding tert-OH is 1. The summed E-state index contributed by atoms with van der Waals surface area (Å²) in [5.74, 6) is -2.48. The summed E-state index contributed by atoms with van der Waals surface area (Å²) in [5.41, 5.74) is 0. The lowest BCUT2D eigenvalue weighted by molar-refractivity contribution is -0.145. The van der Waals surface area contributed by atoms with Crippen LogP contribution in [0.25, 0.3) is 0 Å². The number of carboxylic acid groups (broad SMARTS) is 1. The van der Waals surface area contributed by atoms with Gasteiger partial charge >= 0.3 is 5.97 Å². The van der Waals surface area contributed by atoms with Gasteiger partial charge in [0.15, 0.2) is 0 Å². The zero-order valence-electron chi connectivity index (χ0n) is 8.52. The molecule has 2 N–H and O–H groups in total. The van der Waals surface area contributed by atoms with Crippen LogP contribution in [0.3, 0.4) is 0 Å². The third kappa shape index (κ3) is 1.19. The van der Waals surface area contributed by atoms with Crippen molar-refractivity contribution in [1.82, 2.24) is 4.90 Å². The molecule has 0 aromatic heterocycles. The summed E-state index contributed by atoms with van der Waals surface area (Å²) in [5, 5.41) is 17.7. The summed E-state index contributed by atoms with van der Waals surface area (Å²) < 4.78 is 20.8. The van der Waals surface area contributed by atoms with E-state index in [0.29, 0.717) is 0 Å². The lowest BCUT2D eigenvalue weighted by atomic mass is 10.2. The van der Waals surface area contributed by atoms with Crippen LogP contribution in [0.15, 0.2) is 0 Å². The number of likely N-dealkylation sites (N-methyl/N-ethyl adjacent to an activating group) is 1. The van der Waals surface area contributed by atoms with Crippen LogP contribution in [0, 0.1) is 0 Å². The van der Waals surface area contributed by atoms with Crippen LogP contribution in [0.1, 0.15) is 10.5 Å². The first-order chi connectivity index (χ1) is 6.25. The third-order valence-electron chi connectivity index (χ3n) is 1.57. The number of amides is 1. The Bertz CT molecular complexity index is 277. The fourth-order valence-electron chi connectivity index (χ4n) is 0.943. The average Bonchev–Trinajstić information content (AvgIpc) is 2.27. The van der Waals surface area contributed by atoms with Gasteiger partial charge in [0.25, 0.3) is 5.91 Å². The van der Waals surface area contributed by atoms with Crippen LogP contribution >= 0.6 is 0 Å². The highest BCUT2D eigenvalue weighted by Gasteiger charge is 2.39. The molecule has 1 aliphatic heterocycles. The second kappa shape index (κ2) is 2.50. The van der Waals surface area contributed by atoms with Gasteiger partial charge in [0.2, 0.25) is 0 Å². The quantitative estimate of drug-likeness (QED) is 0.500. The first-order valence-electron chi connectivity index (χ1n) is 4.49. The number of aliphatic hydroxyl groups is 1. The Balaban J connectivity index is 2.99. The number of likely N-dealkylation sites (tertiary alicyclic amines) is 1. The van der Waals surface area contributed by atoms with Crippen LogP contribution < -0.4 is 0 Å². The molecule has 0 unspecified atom stereocenters. The van der Waals surface area contributed by atoms with Gasteiger partial charge in [-0.25, -0.2) is 4.79 Å². The van der Waals surface area contributed by atoms with E-state index in [1.165, 1.54) is 0 Å². The van der Waals surface area contributed by atoms with Gasteiger partial charge in [0.1, 0.15) is 12.1 Å². The van der Waals surface area contributed by atoms with Gasteiger partial charge in [-0.05, 0) is 0 Å². The van der Waals surface area contributed by atoms with E-state index in [4.69, 9.17) is 14.3 Å². The molecular formula is C6H9NO4. The number of carboxylic acids is 1. The summed E-state index contributed by atoms with van der Waals surface area (Å²) >= 11 is 0. The molecule has 0 aliphatic carbocycles. The van der Waals surface area contributed by atoms with Crippen molar-refractivity contribution in [3.63, 3.8) is 0 Å². The molecule has 5 heteroatoms. The number of carbonyl (C=O) groups excluding carboxylic acids is 1. The Kier molecular flexibility index (Phi) is 1.07. The lowest BCUT2D eigenvalue weighted by Crippen LogP contribution is -2.35. The SMILES string of the molecule is [2H]C([2H])([2H])N1C(=O)[C@H](O)C[C@H]1C(=O)O. The van der Waals surface area contributed by atoms with Crippen molar-refractivity contribution in [2.24, 2.45) is 0 Å². The second-order valence-corrected chi connectivity index (χ2v) is 2.31. The summed E-state index contributed by atoms with van der Waals surface area (Å²) in [6.45, 7) is -2.82. The maximum Gasteiger partial charge on any atom is 0.326 e. The van der Waals surface area contributed by atoms with E-state index in [2.05, 4.69) is 0 Å². The fourth-order valence-corrected chi connectivity index (χ4v) is 0.943. The summed E-state index contributed by atoms with van der Waals surface area (Å²) in [7, 11) is 0. The number of rotatable bonds is 1. The molecule has 0 bridgehead atoms. The largest absolute Gasteiger partial charge is 0.480 e. The molecule has 0 radical (unpaired) electrons. The van der Waals surface area contributed by atoms with Crippen molar-refractivity contribution >= 4 is 11.9 Å². The van der Waals surface area contributed by atoms with Gasteiger partial charge in [0.05, 0.1) is 0 Å². The number of aliphatic carboxylic acids is 1. The molecule has 62 valence electrons. The van der Waals surface area contributed by atoms with Crippen LogP contribution in [0.4, 0.5) is 0 Å². The Labute approximate surface area is 67.4 Å². The highest BCUT2D eigenvalue weighted by molar-refractivity contribution is 5.90. The van der Waals surface area contributed by atoms with E-state index in [1.807, 2.05) is 0 Å². The number of hydrogen-bond acceptors (Lipinski definition) is 3. The summed E-state index contributed by atoms with van der Waals surface area (Å²) in [6.07, 6.45) is -1.91.